The van der Waals surface area contributed by atoms with Gasteiger partial charge in [-0.1, -0.05) is 10.3 Å². The Labute approximate surface area is 119 Å². The maximum Gasteiger partial charge on any atom is 0.170 e. The monoisotopic (exact) mass is 295 g/mol. The molecule has 0 aliphatic carbocycles. The first-order valence-corrected chi connectivity index (χ1v) is 7.14. The number of thioether (sulfide) groups is 1. The molecule has 7 heteroatoms. The number of anilines is 1. The molecule has 0 saturated heterocycles. The second kappa shape index (κ2) is 4.66. The van der Waals surface area contributed by atoms with E-state index in [0.29, 0.717) is 11.3 Å². The summed E-state index contributed by atoms with van der Waals surface area (Å²) >= 11 is 1.54. The lowest BCUT2D eigenvalue weighted by atomic mass is 10.1. The molecule has 0 amide bonds. The lowest BCUT2D eigenvalue weighted by molar-refractivity contribution is 0.0123. The molecule has 3 rings (SSSR count). The number of hydrogen-bond acceptors (Lipinski definition) is 6. The molecule has 106 valence electrons. The number of benzene rings is 1. The fourth-order valence-electron chi connectivity index (χ4n) is 1.96. The molecule has 2 N–H and O–H groups in total. The summed E-state index contributed by atoms with van der Waals surface area (Å²) in [7, 11) is 0. The molecule has 0 bridgehead atoms. The van der Waals surface area contributed by atoms with Gasteiger partial charge >= 0.3 is 0 Å². The second-order valence-corrected chi connectivity index (χ2v) is 6.35. The number of oxime groups is 1. The molecule has 0 fully saturated rings. The first-order chi connectivity index (χ1) is 9.44. The molecule has 0 radical (unpaired) electrons. The Morgan fingerprint density at radius 3 is 2.95 bits per heavy atom. The Hall–Kier alpha value is -1.76. The number of rotatable bonds is 2. The third-order valence-electron chi connectivity index (χ3n) is 3.01. The average Bonchev–Trinajstić information content (AvgIpc) is 2.91. The van der Waals surface area contributed by atoms with Crippen LogP contribution in [0.15, 0.2) is 21.8 Å². The van der Waals surface area contributed by atoms with Crippen molar-refractivity contribution in [1.29, 1.82) is 0 Å². The van der Waals surface area contributed by atoms with E-state index in [1.807, 2.05) is 13.8 Å². The van der Waals surface area contributed by atoms with E-state index < -0.39 is 5.82 Å². The largest absolute Gasteiger partial charge is 0.396 e. The Morgan fingerprint density at radius 2 is 2.25 bits per heavy atom. The van der Waals surface area contributed by atoms with Crippen LogP contribution in [0.2, 0.25) is 0 Å². The van der Waals surface area contributed by atoms with E-state index in [2.05, 4.69) is 10.3 Å². The van der Waals surface area contributed by atoms with Crippen LogP contribution < -0.4 is 5.73 Å². The predicted molar refractivity (Wildman–Crippen MR) is 76.9 cm³/mol. The van der Waals surface area contributed by atoms with Crippen LogP contribution in [0.4, 0.5) is 10.1 Å². The van der Waals surface area contributed by atoms with Crippen molar-refractivity contribution in [3.05, 3.63) is 23.6 Å². The summed E-state index contributed by atoms with van der Waals surface area (Å²) in [6, 6.07) is 2.80. The number of aromatic nitrogens is 1. The van der Waals surface area contributed by atoms with Gasteiger partial charge in [0.1, 0.15) is 22.2 Å². The maximum atomic E-state index is 13.3. The van der Waals surface area contributed by atoms with Gasteiger partial charge in [-0.2, -0.15) is 0 Å². The molecule has 0 atom stereocenters. The van der Waals surface area contributed by atoms with Gasteiger partial charge < -0.3 is 15.1 Å². The molecule has 2 heterocycles. The normalized spacial score (nSPS) is 17.2. The van der Waals surface area contributed by atoms with Crippen molar-refractivity contribution in [3.8, 4) is 0 Å². The Balaban J connectivity index is 1.77. The van der Waals surface area contributed by atoms with Gasteiger partial charge in [-0.05, 0) is 19.9 Å². The third kappa shape index (κ3) is 2.45. The molecule has 2 aromatic rings. The van der Waals surface area contributed by atoms with E-state index >= 15 is 0 Å². The highest BCUT2D eigenvalue weighted by molar-refractivity contribution is 8.13. The fourth-order valence-corrected chi connectivity index (χ4v) is 3.01. The standard InChI is InChI=1S/C13H14FN3O2S/c1-13(2)5-12(17-19-13)20-6-10-7-3-9(15)8(14)4-11(7)18-16-10/h3-4H,5-6,15H2,1-2H3. The van der Waals surface area contributed by atoms with E-state index in [0.717, 1.165) is 22.5 Å². The van der Waals surface area contributed by atoms with Crippen molar-refractivity contribution in [1.82, 2.24) is 5.16 Å². The number of nitrogens with zero attached hydrogens (tertiary/aromatic N) is 2. The SMILES string of the molecule is CC1(C)CC(SCc2noc3cc(F)c(N)cc23)=NO1. The maximum absolute atomic E-state index is 13.3. The summed E-state index contributed by atoms with van der Waals surface area (Å²) in [4.78, 5) is 5.30. The predicted octanol–water partition coefficient (Wildman–Crippen LogP) is 3.29. The van der Waals surface area contributed by atoms with Crippen LogP contribution in [-0.2, 0) is 10.6 Å². The van der Waals surface area contributed by atoms with Crippen molar-refractivity contribution >= 4 is 33.5 Å². The number of fused-ring (bicyclic) bond motifs is 1. The van der Waals surface area contributed by atoms with E-state index in [4.69, 9.17) is 15.1 Å². The van der Waals surface area contributed by atoms with Crippen LogP contribution in [-0.4, -0.2) is 15.8 Å². The second-order valence-electron chi connectivity index (χ2n) is 5.30. The fraction of sp³-hybridized carbons (Fsp3) is 0.385. The molecule has 1 aliphatic rings. The van der Waals surface area contributed by atoms with Crippen LogP contribution >= 0.6 is 11.8 Å². The van der Waals surface area contributed by atoms with Crippen molar-refractivity contribution in [2.75, 3.05) is 5.73 Å². The van der Waals surface area contributed by atoms with Crippen molar-refractivity contribution in [2.45, 2.75) is 31.6 Å². The lowest BCUT2D eigenvalue weighted by Gasteiger charge is -2.12. The zero-order valence-corrected chi connectivity index (χ0v) is 12.0. The number of nitrogen functional groups attached to an aromatic ring is 1. The molecule has 0 saturated carbocycles. The van der Waals surface area contributed by atoms with Gasteiger partial charge in [-0.25, -0.2) is 4.39 Å². The molecule has 1 aromatic carbocycles. The molecule has 1 aromatic heterocycles. The summed E-state index contributed by atoms with van der Waals surface area (Å²) in [6.07, 6.45) is 0.768. The molecule has 0 unspecified atom stereocenters. The summed E-state index contributed by atoms with van der Waals surface area (Å²) in [5.74, 6) is 0.0826. The molecular formula is C13H14FN3O2S. The highest BCUT2D eigenvalue weighted by Crippen LogP contribution is 2.31. The molecular weight excluding hydrogens is 281 g/mol. The van der Waals surface area contributed by atoms with Gasteiger partial charge in [0.2, 0.25) is 0 Å². The third-order valence-corrected chi connectivity index (χ3v) is 3.98. The zero-order chi connectivity index (χ0) is 14.3. The van der Waals surface area contributed by atoms with E-state index in [1.54, 1.807) is 6.07 Å². The smallest absolute Gasteiger partial charge is 0.170 e. The van der Waals surface area contributed by atoms with E-state index in [1.165, 1.54) is 17.8 Å². The number of nitrogens with two attached hydrogens (primary N) is 1. The molecule has 5 nitrogen and oxygen atoms in total. The Morgan fingerprint density at radius 1 is 1.45 bits per heavy atom. The van der Waals surface area contributed by atoms with Crippen LogP contribution in [0.1, 0.15) is 26.0 Å². The summed E-state index contributed by atoms with van der Waals surface area (Å²) in [6.45, 7) is 3.97. The highest BCUT2D eigenvalue weighted by atomic mass is 32.2. The topological polar surface area (TPSA) is 73.6 Å². The quantitative estimate of drug-likeness (QED) is 0.860. The first-order valence-electron chi connectivity index (χ1n) is 6.16. The van der Waals surface area contributed by atoms with Gasteiger partial charge in [-0.3, -0.25) is 0 Å². The summed E-state index contributed by atoms with van der Waals surface area (Å²) in [5, 5.41) is 9.65. The van der Waals surface area contributed by atoms with Gasteiger partial charge in [0, 0.05) is 23.6 Å². The molecule has 0 spiro atoms. The average molecular weight is 295 g/mol. The van der Waals surface area contributed by atoms with E-state index in [9.17, 15) is 4.39 Å². The van der Waals surface area contributed by atoms with Crippen LogP contribution in [0.25, 0.3) is 11.0 Å². The van der Waals surface area contributed by atoms with Gasteiger partial charge in [0.05, 0.1) is 5.69 Å². The first kappa shape index (κ1) is 13.2. The Bertz CT molecular complexity index is 696. The van der Waals surface area contributed by atoms with Crippen LogP contribution in [0.3, 0.4) is 0 Å². The van der Waals surface area contributed by atoms with Crippen molar-refractivity contribution in [2.24, 2.45) is 5.16 Å². The summed E-state index contributed by atoms with van der Waals surface area (Å²) < 4.78 is 18.4. The van der Waals surface area contributed by atoms with Gasteiger partial charge in [0.25, 0.3) is 0 Å². The zero-order valence-electron chi connectivity index (χ0n) is 11.1. The van der Waals surface area contributed by atoms with Crippen molar-refractivity contribution in [3.63, 3.8) is 0 Å². The van der Waals surface area contributed by atoms with Gasteiger partial charge in [-0.15, -0.1) is 11.8 Å². The highest BCUT2D eigenvalue weighted by Gasteiger charge is 2.29. The Kier molecular flexibility index (Phi) is 3.08. The summed E-state index contributed by atoms with van der Waals surface area (Å²) in [5.41, 5.74) is 6.54. The molecule has 1 aliphatic heterocycles. The minimum atomic E-state index is -0.497. The minimum Gasteiger partial charge on any atom is -0.396 e. The van der Waals surface area contributed by atoms with Crippen molar-refractivity contribution < 1.29 is 13.8 Å². The van der Waals surface area contributed by atoms with Gasteiger partial charge in [0.15, 0.2) is 5.58 Å². The minimum absolute atomic E-state index is 0.0922. The van der Waals surface area contributed by atoms with Crippen LogP contribution in [0.5, 0.6) is 0 Å². The van der Waals surface area contributed by atoms with E-state index in [-0.39, 0.29) is 11.3 Å². The number of hydrogen-bond donors (Lipinski definition) is 1. The van der Waals surface area contributed by atoms with Crippen LogP contribution in [0, 0.1) is 5.82 Å². The lowest BCUT2D eigenvalue weighted by Crippen LogP contribution is -2.18. The number of halogens is 1. The molecule has 20 heavy (non-hydrogen) atoms.